The molecule has 2 aliphatic carbocycles. The molecule has 0 saturated heterocycles. The number of rotatable bonds is 4. The van der Waals surface area contributed by atoms with Gasteiger partial charge in [0.2, 0.25) is 0 Å². The summed E-state index contributed by atoms with van der Waals surface area (Å²) in [4.78, 5) is 17.2. The molecule has 0 spiro atoms. The summed E-state index contributed by atoms with van der Waals surface area (Å²) >= 11 is 0. The van der Waals surface area contributed by atoms with Crippen LogP contribution >= 0.6 is 0 Å². The molecule has 0 atom stereocenters. The zero-order valence-corrected chi connectivity index (χ0v) is 11.9. The van der Waals surface area contributed by atoms with Crippen LogP contribution in [0.25, 0.3) is 0 Å². The minimum absolute atomic E-state index is 0.0258. The van der Waals surface area contributed by atoms with Crippen molar-refractivity contribution in [1.29, 1.82) is 0 Å². The standard InChI is InChI=1S/C15H27NO3/c1-11-2-8-14(9-3-11)16-19-15(18)13-6-4-12(10-17)5-7-13/h11-14,16-17H,2-10H2,1H3. The maximum atomic E-state index is 12.0. The fourth-order valence-electron chi connectivity index (χ4n) is 3.18. The lowest BCUT2D eigenvalue weighted by atomic mass is 9.82. The van der Waals surface area contributed by atoms with Crippen LogP contribution < -0.4 is 5.48 Å². The molecule has 2 fully saturated rings. The Kier molecular flexibility index (Phi) is 5.64. The topological polar surface area (TPSA) is 58.6 Å². The molecular weight excluding hydrogens is 242 g/mol. The van der Waals surface area contributed by atoms with Crippen molar-refractivity contribution in [2.24, 2.45) is 17.8 Å². The van der Waals surface area contributed by atoms with E-state index in [1.165, 1.54) is 12.8 Å². The summed E-state index contributed by atoms with van der Waals surface area (Å²) < 4.78 is 0. The van der Waals surface area contributed by atoms with Gasteiger partial charge in [-0.25, -0.2) is 0 Å². The normalized spacial score (nSPS) is 35.9. The maximum Gasteiger partial charge on any atom is 0.327 e. The van der Waals surface area contributed by atoms with E-state index in [4.69, 9.17) is 9.94 Å². The highest BCUT2D eigenvalue weighted by Gasteiger charge is 2.28. The van der Waals surface area contributed by atoms with Crippen molar-refractivity contribution >= 4 is 5.97 Å². The molecule has 0 aromatic carbocycles. The monoisotopic (exact) mass is 269 g/mol. The predicted molar refractivity (Wildman–Crippen MR) is 73.2 cm³/mol. The van der Waals surface area contributed by atoms with E-state index in [9.17, 15) is 4.79 Å². The van der Waals surface area contributed by atoms with Crippen LogP contribution in [0.2, 0.25) is 0 Å². The van der Waals surface area contributed by atoms with E-state index in [0.29, 0.717) is 12.0 Å². The highest BCUT2D eigenvalue weighted by Crippen LogP contribution is 2.29. The summed E-state index contributed by atoms with van der Waals surface area (Å²) in [6, 6.07) is 0.342. The second kappa shape index (κ2) is 7.25. The Labute approximate surface area is 115 Å². The first-order valence-corrected chi connectivity index (χ1v) is 7.76. The molecule has 4 heteroatoms. The number of nitrogens with one attached hydrogen (secondary N) is 1. The average Bonchev–Trinajstić information content (AvgIpc) is 2.46. The molecule has 110 valence electrons. The van der Waals surface area contributed by atoms with Gasteiger partial charge in [-0.3, -0.25) is 4.79 Å². The van der Waals surface area contributed by atoms with Crippen molar-refractivity contribution in [2.45, 2.75) is 64.3 Å². The Balaban J connectivity index is 1.64. The third-order valence-corrected chi connectivity index (χ3v) is 4.78. The van der Waals surface area contributed by atoms with Crippen molar-refractivity contribution in [1.82, 2.24) is 5.48 Å². The number of hydrogen-bond acceptors (Lipinski definition) is 4. The van der Waals surface area contributed by atoms with Gasteiger partial charge in [-0.1, -0.05) is 6.92 Å². The van der Waals surface area contributed by atoms with Gasteiger partial charge in [0.25, 0.3) is 0 Å². The zero-order valence-electron chi connectivity index (χ0n) is 11.9. The highest BCUT2D eigenvalue weighted by molar-refractivity contribution is 5.72. The van der Waals surface area contributed by atoms with Crippen LogP contribution in [0.1, 0.15) is 58.3 Å². The number of hydrogen-bond donors (Lipinski definition) is 2. The van der Waals surface area contributed by atoms with Crippen molar-refractivity contribution in [3.05, 3.63) is 0 Å². The van der Waals surface area contributed by atoms with Gasteiger partial charge in [-0.2, -0.15) is 5.48 Å². The molecule has 0 aliphatic heterocycles. The van der Waals surface area contributed by atoms with E-state index in [0.717, 1.165) is 44.4 Å². The summed E-state index contributed by atoms with van der Waals surface area (Å²) in [6.07, 6.45) is 8.24. The summed E-state index contributed by atoms with van der Waals surface area (Å²) in [7, 11) is 0. The molecule has 2 aliphatic rings. The van der Waals surface area contributed by atoms with E-state index < -0.39 is 0 Å². The summed E-state index contributed by atoms with van der Waals surface area (Å²) in [5, 5.41) is 9.08. The highest BCUT2D eigenvalue weighted by atomic mass is 16.7. The molecule has 0 aromatic heterocycles. The Bertz CT molecular complexity index is 279. The van der Waals surface area contributed by atoms with Crippen LogP contribution in [0, 0.1) is 17.8 Å². The molecule has 2 rings (SSSR count). The van der Waals surface area contributed by atoms with E-state index in [-0.39, 0.29) is 18.5 Å². The Morgan fingerprint density at radius 2 is 1.74 bits per heavy atom. The van der Waals surface area contributed by atoms with Gasteiger partial charge < -0.3 is 9.94 Å². The average molecular weight is 269 g/mol. The largest absolute Gasteiger partial charge is 0.396 e. The van der Waals surface area contributed by atoms with Gasteiger partial charge >= 0.3 is 5.97 Å². The SMILES string of the molecule is CC1CCC(NOC(=O)C2CCC(CO)CC2)CC1. The Hall–Kier alpha value is -0.610. The fraction of sp³-hybridized carbons (Fsp3) is 0.933. The number of aliphatic hydroxyl groups excluding tert-OH is 1. The lowest BCUT2D eigenvalue weighted by molar-refractivity contribution is -0.160. The summed E-state index contributed by atoms with van der Waals surface area (Å²) in [6.45, 7) is 2.53. The zero-order chi connectivity index (χ0) is 13.7. The van der Waals surface area contributed by atoms with Crippen molar-refractivity contribution in [3.63, 3.8) is 0 Å². The van der Waals surface area contributed by atoms with Crippen molar-refractivity contribution < 1.29 is 14.7 Å². The second-order valence-corrected chi connectivity index (χ2v) is 6.40. The molecule has 2 N–H and O–H groups in total. The quantitative estimate of drug-likeness (QED) is 0.770. The third-order valence-electron chi connectivity index (χ3n) is 4.78. The molecule has 0 heterocycles. The first kappa shape index (κ1) is 14.8. The van der Waals surface area contributed by atoms with E-state index in [1.54, 1.807) is 0 Å². The lowest BCUT2D eigenvalue weighted by Crippen LogP contribution is -2.37. The molecular formula is C15H27NO3. The maximum absolute atomic E-state index is 12.0. The molecule has 0 amide bonds. The van der Waals surface area contributed by atoms with Crippen LogP contribution in [0.4, 0.5) is 0 Å². The van der Waals surface area contributed by atoms with Crippen molar-refractivity contribution in [3.8, 4) is 0 Å². The van der Waals surface area contributed by atoms with Crippen LogP contribution in [-0.2, 0) is 9.63 Å². The van der Waals surface area contributed by atoms with Crippen LogP contribution in [0.3, 0.4) is 0 Å². The van der Waals surface area contributed by atoms with E-state index in [2.05, 4.69) is 12.4 Å². The molecule has 19 heavy (non-hydrogen) atoms. The predicted octanol–water partition coefficient (Wildman–Crippen LogP) is 2.41. The summed E-state index contributed by atoms with van der Waals surface area (Å²) in [5.74, 6) is 1.12. The molecule has 0 unspecified atom stereocenters. The van der Waals surface area contributed by atoms with Crippen molar-refractivity contribution in [2.75, 3.05) is 6.61 Å². The van der Waals surface area contributed by atoms with Gasteiger partial charge in [0.1, 0.15) is 0 Å². The first-order chi connectivity index (χ1) is 9.19. The third kappa shape index (κ3) is 4.46. The lowest BCUT2D eigenvalue weighted by Gasteiger charge is -2.28. The fourth-order valence-corrected chi connectivity index (χ4v) is 3.18. The Morgan fingerprint density at radius 1 is 1.11 bits per heavy atom. The Morgan fingerprint density at radius 3 is 2.32 bits per heavy atom. The first-order valence-electron chi connectivity index (χ1n) is 7.76. The van der Waals surface area contributed by atoms with Crippen LogP contribution in [0.15, 0.2) is 0 Å². The van der Waals surface area contributed by atoms with Gasteiger partial charge in [0.15, 0.2) is 0 Å². The smallest absolute Gasteiger partial charge is 0.327 e. The van der Waals surface area contributed by atoms with Crippen LogP contribution in [-0.4, -0.2) is 23.7 Å². The molecule has 0 radical (unpaired) electrons. The minimum Gasteiger partial charge on any atom is -0.396 e. The summed E-state index contributed by atoms with van der Waals surface area (Å²) in [5.41, 5.74) is 2.97. The van der Waals surface area contributed by atoms with Gasteiger partial charge in [-0.15, -0.1) is 0 Å². The van der Waals surface area contributed by atoms with E-state index in [1.807, 2.05) is 0 Å². The van der Waals surface area contributed by atoms with Gasteiger partial charge in [0, 0.05) is 12.6 Å². The van der Waals surface area contributed by atoms with Crippen LogP contribution in [0.5, 0.6) is 0 Å². The molecule has 0 aromatic rings. The number of carbonyl (C=O) groups is 1. The molecule has 0 bridgehead atoms. The number of carbonyl (C=O) groups excluding carboxylic acids is 1. The number of hydroxylamine groups is 1. The van der Waals surface area contributed by atoms with E-state index >= 15 is 0 Å². The minimum atomic E-state index is -0.102. The second-order valence-electron chi connectivity index (χ2n) is 6.40. The molecule has 2 saturated carbocycles. The molecule has 4 nitrogen and oxygen atoms in total. The van der Waals surface area contributed by atoms with Gasteiger partial charge in [-0.05, 0) is 63.2 Å². The van der Waals surface area contributed by atoms with Gasteiger partial charge in [0.05, 0.1) is 5.92 Å². The number of aliphatic hydroxyl groups is 1.